The zero-order chi connectivity index (χ0) is 16.3. The predicted molar refractivity (Wildman–Crippen MR) is 72.0 cm³/mol. The third-order valence-corrected chi connectivity index (χ3v) is 2.05. The summed E-state index contributed by atoms with van der Waals surface area (Å²) in [6.45, 7) is 2.80. The van der Waals surface area contributed by atoms with Crippen molar-refractivity contribution < 1.29 is 33.8 Å². The summed E-state index contributed by atoms with van der Waals surface area (Å²) in [5, 5.41) is 16.3. The van der Waals surface area contributed by atoms with Gasteiger partial charge in [-0.3, -0.25) is 14.4 Å². The molecule has 8 nitrogen and oxygen atoms in total. The molecule has 0 radical (unpaired) electrons. The number of hydrogen-bond donors (Lipinski definition) is 3. The maximum atomic E-state index is 10.3. The van der Waals surface area contributed by atoms with E-state index in [4.69, 9.17) is 20.7 Å². The van der Waals surface area contributed by atoms with Gasteiger partial charge in [0.2, 0.25) is 0 Å². The van der Waals surface area contributed by atoms with Crippen LogP contribution in [-0.4, -0.2) is 72.9 Å². The molecule has 118 valence electrons. The SMILES string of the molecule is CC(=O)OCC[N+](C)(C)C.NC(CCC(=O)O)C(=O)O. The normalized spacial score (nSPS) is 11.8. The number of carboxylic acid groups (broad SMARTS) is 2. The Morgan fingerprint density at radius 3 is 2.00 bits per heavy atom. The van der Waals surface area contributed by atoms with Gasteiger partial charge in [0.05, 0.1) is 21.1 Å². The molecule has 0 saturated heterocycles. The molecule has 0 saturated carbocycles. The molecule has 0 rings (SSSR count). The first-order chi connectivity index (χ1) is 8.95. The largest absolute Gasteiger partial charge is 0.481 e. The highest BCUT2D eigenvalue weighted by molar-refractivity contribution is 5.74. The highest BCUT2D eigenvalue weighted by Crippen LogP contribution is 1.93. The number of esters is 1. The molecule has 0 fully saturated rings. The molecular formula is C12H25N2O6+. The van der Waals surface area contributed by atoms with Crippen LogP contribution in [0.2, 0.25) is 0 Å². The van der Waals surface area contributed by atoms with Crippen LogP contribution in [0.25, 0.3) is 0 Å². The molecule has 0 spiro atoms. The molecule has 0 aliphatic rings. The third kappa shape index (κ3) is 18.7. The summed E-state index contributed by atoms with van der Waals surface area (Å²) < 4.78 is 5.59. The van der Waals surface area contributed by atoms with Crippen molar-refractivity contribution in [2.24, 2.45) is 5.73 Å². The molecule has 1 atom stereocenters. The van der Waals surface area contributed by atoms with E-state index in [0.717, 1.165) is 11.0 Å². The fraction of sp³-hybridized carbons (Fsp3) is 0.750. The zero-order valence-electron chi connectivity index (χ0n) is 12.5. The van der Waals surface area contributed by atoms with E-state index in [2.05, 4.69) is 21.1 Å². The van der Waals surface area contributed by atoms with E-state index in [1.54, 1.807) is 0 Å². The van der Waals surface area contributed by atoms with Crippen molar-refractivity contribution in [3.8, 4) is 0 Å². The first kappa shape index (κ1) is 20.6. The topological polar surface area (TPSA) is 127 Å². The molecule has 0 aliphatic heterocycles. The van der Waals surface area contributed by atoms with Crippen LogP contribution in [0.5, 0.6) is 0 Å². The Bertz CT molecular complexity index is 324. The van der Waals surface area contributed by atoms with Crippen molar-refractivity contribution in [3.63, 3.8) is 0 Å². The van der Waals surface area contributed by atoms with E-state index in [1.165, 1.54) is 6.92 Å². The fourth-order valence-electron chi connectivity index (χ4n) is 0.866. The lowest BCUT2D eigenvalue weighted by Crippen LogP contribution is -2.37. The Morgan fingerprint density at radius 1 is 1.20 bits per heavy atom. The number of carbonyl (C=O) groups is 3. The van der Waals surface area contributed by atoms with Crippen LogP contribution in [0, 0.1) is 0 Å². The average Bonchev–Trinajstić information content (AvgIpc) is 2.24. The summed E-state index contributed by atoms with van der Waals surface area (Å²) in [6.07, 6.45) is -0.224. The number of carboxylic acids is 2. The number of nitrogens with two attached hydrogens (primary N) is 1. The molecule has 8 heteroatoms. The molecule has 0 aromatic heterocycles. The van der Waals surface area contributed by atoms with Crippen molar-refractivity contribution in [1.29, 1.82) is 0 Å². The van der Waals surface area contributed by atoms with Gasteiger partial charge >= 0.3 is 17.9 Å². The van der Waals surface area contributed by atoms with Gasteiger partial charge in [0.15, 0.2) is 0 Å². The van der Waals surface area contributed by atoms with Crippen molar-refractivity contribution >= 4 is 17.9 Å². The Morgan fingerprint density at radius 2 is 1.70 bits per heavy atom. The van der Waals surface area contributed by atoms with Crippen LogP contribution in [0.4, 0.5) is 0 Å². The molecule has 0 aliphatic carbocycles. The van der Waals surface area contributed by atoms with Crippen LogP contribution in [0.3, 0.4) is 0 Å². The average molecular weight is 293 g/mol. The van der Waals surface area contributed by atoms with E-state index in [9.17, 15) is 14.4 Å². The number of quaternary nitrogens is 1. The molecule has 20 heavy (non-hydrogen) atoms. The van der Waals surface area contributed by atoms with Gasteiger partial charge in [0, 0.05) is 13.3 Å². The quantitative estimate of drug-likeness (QED) is 0.427. The molecule has 1 unspecified atom stereocenters. The molecule has 0 bridgehead atoms. The van der Waals surface area contributed by atoms with E-state index >= 15 is 0 Å². The van der Waals surface area contributed by atoms with Gasteiger partial charge in [-0.25, -0.2) is 0 Å². The van der Waals surface area contributed by atoms with Crippen molar-refractivity contribution in [2.45, 2.75) is 25.8 Å². The third-order valence-electron chi connectivity index (χ3n) is 2.05. The van der Waals surface area contributed by atoms with Gasteiger partial charge in [0.1, 0.15) is 19.2 Å². The highest BCUT2D eigenvalue weighted by atomic mass is 16.5. The van der Waals surface area contributed by atoms with Crippen LogP contribution < -0.4 is 5.73 Å². The van der Waals surface area contributed by atoms with Crippen LogP contribution in [0.15, 0.2) is 0 Å². The van der Waals surface area contributed by atoms with E-state index in [-0.39, 0.29) is 18.8 Å². The number of nitrogens with zero attached hydrogens (tertiary/aromatic N) is 1. The summed E-state index contributed by atoms with van der Waals surface area (Å²) in [5.74, 6) is -2.40. The number of carbonyl (C=O) groups excluding carboxylic acids is 1. The van der Waals surface area contributed by atoms with Crippen LogP contribution in [-0.2, 0) is 19.1 Å². The number of likely N-dealkylation sites (N-methyl/N-ethyl adjacent to an activating group) is 1. The summed E-state index contributed by atoms with van der Waals surface area (Å²) in [7, 11) is 6.18. The summed E-state index contributed by atoms with van der Waals surface area (Å²) in [5.41, 5.74) is 5.00. The van der Waals surface area contributed by atoms with Gasteiger partial charge in [0.25, 0.3) is 0 Å². The first-order valence-electron chi connectivity index (χ1n) is 6.09. The van der Waals surface area contributed by atoms with Gasteiger partial charge in [-0.15, -0.1) is 0 Å². The number of aliphatic carboxylic acids is 2. The minimum atomic E-state index is -1.17. The standard InChI is InChI=1S/C7H16NO2.C5H9NO4/c1-7(9)10-6-5-8(2,3)4;6-3(5(9)10)1-2-4(7)8/h5-6H2,1-4H3;3H,1-2,6H2,(H,7,8)(H,9,10)/q+1;. The Balaban J connectivity index is 0. The summed E-state index contributed by atoms with van der Waals surface area (Å²) in [6, 6.07) is -1.06. The zero-order valence-corrected chi connectivity index (χ0v) is 12.5. The van der Waals surface area contributed by atoms with Crippen LogP contribution in [0.1, 0.15) is 19.8 Å². The lowest BCUT2D eigenvalue weighted by Gasteiger charge is -2.23. The second-order valence-corrected chi connectivity index (χ2v) is 5.23. The number of hydrogen-bond acceptors (Lipinski definition) is 5. The fourth-order valence-corrected chi connectivity index (χ4v) is 0.866. The van der Waals surface area contributed by atoms with Gasteiger partial charge < -0.3 is 25.2 Å². The van der Waals surface area contributed by atoms with E-state index in [0.29, 0.717) is 6.61 Å². The number of rotatable bonds is 7. The minimum absolute atomic E-state index is 0.0231. The maximum Gasteiger partial charge on any atom is 0.320 e. The lowest BCUT2D eigenvalue weighted by atomic mass is 10.2. The van der Waals surface area contributed by atoms with Crippen molar-refractivity contribution in [1.82, 2.24) is 0 Å². The first-order valence-corrected chi connectivity index (χ1v) is 6.09. The van der Waals surface area contributed by atoms with Gasteiger partial charge in [-0.2, -0.15) is 0 Å². The summed E-state index contributed by atoms with van der Waals surface area (Å²) in [4.78, 5) is 30.2. The number of ether oxygens (including phenoxy) is 1. The predicted octanol–water partition coefficient (Wildman–Crippen LogP) is -0.481. The van der Waals surface area contributed by atoms with Crippen LogP contribution >= 0.6 is 0 Å². The van der Waals surface area contributed by atoms with Crippen molar-refractivity contribution in [2.75, 3.05) is 34.3 Å². The molecule has 0 aromatic rings. The molecule has 0 heterocycles. The highest BCUT2D eigenvalue weighted by Gasteiger charge is 2.12. The molecule has 0 aromatic carbocycles. The van der Waals surface area contributed by atoms with Crippen molar-refractivity contribution in [3.05, 3.63) is 0 Å². The maximum absolute atomic E-state index is 10.3. The van der Waals surface area contributed by atoms with E-state index in [1.807, 2.05) is 0 Å². The summed E-state index contributed by atoms with van der Waals surface area (Å²) >= 11 is 0. The molecular weight excluding hydrogens is 268 g/mol. The second kappa shape index (κ2) is 10.2. The van der Waals surface area contributed by atoms with Gasteiger partial charge in [-0.1, -0.05) is 0 Å². The smallest absolute Gasteiger partial charge is 0.320 e. The Labute approximate surface area is 118 Å². The second-order valence-electron chi connectivity index (χ2n) is 5.23. The Kier molecular flexibility index (Phi) is 10.5. The monoisotopic (exact) mass is 293 g/mol. The minimum Gasteiger partial charge on any atom is -0.481 e. The Hall–Kier alpha value is -1.67. The van der Waals surface area contributed by atoms with E-state index < -0.39 is 18.0 Å². The van der Waals surface area contributed by atoms with Gasteiger partial charge in [-0.05, 0) is 6.42 Å². The molecule has 0 amide bonds. The molecule has 4 N–H and O–H groups in total. The lowest BCUT2D eigenvalue weighted by molar-refractivity contribution is -0.870.